The van der Waals surface area contributed by atoms with Crippen LogP contribution in [-0.4, -0.2) is 10.7 Å². The summed E-state index contributed by atoms with van der Waals surface area (Å²) in [5.41, 5.74) is 2.39. The lowest BCUT2D eigenvalue weighted by Crippen LogP contribution is -2.14. The summed E-state index contributed by atoms with van der Waals surface area (Å²) < 4.78 is 0. The summed E-state index contributed by atoms with van der Waals surface area (Å²) in [7, 11) is 0. The largest absolute Gasteiger partial charge is 0.389 e. The fourth-order valence-electron chi connectivity index (χ4n) is 3.80. The van der Waals surface area contributed by atoms with Crippen LogP contribution in [-0.2, 0) is 6.42 Å². The van der Waals surface area contributed by atoms with E-state index in [0.717, 1.165) is 12.8 Å². The first kappa shape index (κ1) is 11.3. The highest BCUT2D eigenvalue weighted by atomic mass is 16.3. The highest BCUT2D eigenvalue weighted by Gasteiger charge is 2.62. The molecule has 0 amide bonds. The van der Waals surface area contributed by atoms with Crippen LogP contribution in [0.3, 0.4) is 0 Å². The lowest BCUT2D eigenvalue weighted by molar-refractivity contribution is 0.109. The lowest BCUT2D eigenvalue weighted by atomic mass is 10.0. The molecule has 2 unspecified atom stereocenters. The summed E-state index contributed by atoms with van der Waals surface area (Å²) >= 11 is 0. The van der Waals surface area contributed by atoms with Gasteiger partial charge in [-0.05, 0) is 50.0 Å². The fourth-order valence-corrected chi connectivity index (χ4v) is 3.80. The quantitative estimate of drug-likeness (QED) is 0.843. The van der Waals surface area contributed by atoms with E-state index in [1.54, 1.807) is 0 Å². The second kappa shape index (κ2) is 4.13. The van der Waals surface area contributed by atoms with E-state index in [2.05, 4.69) is 31.2 Å². The van der Waals surface area contributed by atoms with Crippen molar-refractivity contribution in [1.29, 1.82) is 0 Å². The van der Waals surface area contributed by atoms with Gasteiger partial charge in [0.1, 0.15) is 0 Å². The van der Waals surface area contributed by atoms with E-state index in [1.165, 1.54) is 36.8 Å². The van der Waals surface area contributed by atoms with E-state index in [9.17, 15) is 5.11 Å². The van der Waals surface area contributed by atoms with E-state index in [4.69, 9.17) is 0 Å². The minimum Gasteiger partial charge on any atom is -0.389 e. The molecular formula is C16H22O. The van der Waals surface area contributed by atoms with Crippen LogP contribution in [0.25, 0.3) is 0 Å². The van der Waals surface area contributed by atoms with Crippen molar-refractivity contribution in [3.63, 3.8) is 0 Å². The standard InChI is InChI=1S/C16H22O/c1-12-5-4-6-13(11-12)9-10-16(17)14-7-2-3-8-15(14)16/h4-6,11,14-15,17H,2-3,7-10H2,1H3. The number of hydrogen-bond acceptors (Lipinski definition) is 1. The fraction of sp³-hybridized carbons (Fsp3) is 0.625. The molecule has 2 saturated carbocycles. The van der Waals surface area contributed by atoms with Crippen LogP contribution < -0.4 is 0 Å². The molecule has 2 aliphatic rings. The predicted molar refractivity (Wildman–Crippen MR) is 69.9 cm³/mol. The molecule has 2 aliphatic carbocycles. The molecule has 2 atom stereocenters. The first-order valence-electron chi connectivity index (χ1n) is 6.98. The molecule has 0 aliphatic heterocycles. The number of fused-ring (bicyclic) bond motifs is 1. The first-order chi connectivity index (χ1) is 8.20. The van der Waals surface area contributed by atoms with Crippen LogP contribution in [0.1, 0.15) is 43.2 Å². The Bertz CT molecular complexity index is 398. The highest BCUT2D eigenvalue weighted by molar-refractivity contribution is 5.23. The summed E-state index contributed by atoms with van der Waals surface area (Å²) in [5, 5.41) is 10.6. The zero-order chi connectivity index (χ0) is 11.9. The van der Waals surface area contributed by atoms with Crippen molar-refractivity contribution < 1.29 is 5.11 Å². The average Bonchev–Trinajstić information content (AvgIpc) is 2.94. The Morgan fingerprint density at radius 3 is 2.59 bits per heavy atom. The van der Waals surface area contributed by atoms with Gasteiger partial charge in [0.2, 0.25) is 0 Å². The maximum Gasteiger partial charge on any atom is 0.0714 e. The average molecular weight is 230 g/mol. The Hall–Kier alpha value is -0.820. The number of aryl methyl sites for hydroxylation is 2. The normalized spacial score (nSPS) is 35.4. The Morgan fingerprint density at radius 1 is 1.24 bits per heavy atom. The third-order valence-electron chi connectivity index (χ3n) is 4.84. The van der Waals surface area contributed by atoms with Crippen molar-refractivity contribution in [1.82, 2.24) is 0 Å². The summed E-state index contributed by atoms with van der Waals surface area (Å²) in [4.78, 5) is 0. The van der Waals surface area contributed by atoms with Crippen LogP contribution in [0, 0.1) is 18.8 Å². The van der Waals surface area contributed by atoms with Crippen molar-refractivity contribution in [3.8, 4) is 0 Å². The molecule has 2 fully saturated rings. The van der Waals surface area contributed by atoms with Gasteiger partial charge in [-0.3, -0.25) is 0 Å². The molecule has 0 spiro atoms. The van der Waals surface area contributed by atoms with E-state index in [1.807, 2.05) is 0 Å². The van der Waals surface area contributed by atoms with Crippen molar-refractivity contribution >= 4 is 0 Å². The van der Waals surface area contributed by atoms with Crippen molar-refractivity contribution in [3.05, 3.63) is 35.4 Å². The van der Waals surface area contributed by atoms with Gasteiger partial charge in [0.25, 0.3) is 0 Å². The van der Waals surface area contributed by atoms with Crippen LogP contribution in [0.5, 0.6) is 0 Å². The number of aliphatic hydroxyl groups is 1. The Morgan fingerprint density at radius 2 is 1.94 bits per heavy atom. The van der Waals surface area contributed by atoms with Gasteiger partial charge in [0.05, 0.1) is 5.60 Å². The molecule has 1 aromatic rings. The maximum atomic E-state index is 10.6. The minimum atomic E-state index is -0.305. The summed E-state index contributed by atoms with van der Waals surface area (Å²) in [6, 6.07) is 8.68. The number of hydrogen-bond donors (Lipinski definition) is 1. The van der Waals surface area contributed by atoms with Gasteiger partial charge in [-0.15, -0.1) is 0 Å². The summed E-state index contributed by atoms with van der Waals surface area (Å²) in [6.07, 6.45) is 7.17. The molecule has 0 bridgehead atoms. The second-order valence-electron chi connectivity index (χ2n) is 5.98. The predicted octanol–water partition coefficient (Wildman–Crippen LogP) is 3.48. The van der Waals surface area contributed by atoms with E-state index in [0.29, 0.717) is 11.8 Å². The molecule has 1 aromatic carbocycles. The molecule has 1 N–H and O–H groups in total. The minimum absolute atomic E-state index is 0.305. The third-order valence-corrected chi connectivity index (χ3v) is 4.84. The molecular weight excluding hydrogens is 208 g/mol. The zero-order valence-corrected chi connectivity index (χ0v) is 10.7. The van der Waals surface area contributed by atoms with Gasteiger partial charge in [-0.2, -0.15) is 0 Å². The van der Waals surface area contributed by atoms with Crippen LogP contribution in [0.15, 0.2) is 24.3 Å². The van der Waals surface area contributed by atoms with Gasteiger partial charge >= 0.3 is 0 Å². The topological polar surface area (TPSA) is 20.2 Å². The Balaban J connectivity index is 1.61. The molecule has 0 radical (unpaired) electrons. The second-order valence-corrected chi connectivity index (χ2v) is 5.98. The van der Waals surface area contributed by atoms with Gasteiger partial charge in [0.15, 0.2) is 0 Å². The van der Waals surface area contributed by atoms with Gasteiger partial charge in [-0.25, -0.2) is 0 Å². The Labute approximate surface area is 104 Å². The maximum absolute atomic E-state index is 10.6. The van der Waals surface area contributed by atoms with Crippen LogP contribution in [0.2, 0.25) is 0 Å². The molecule has 1 heteroatoms. The molecule has 0 aromatic heterocycles. The van der Waals surface area contributed by atoms with Crippen molar-refractivity contribution in [2.45, 2.75) is 51.0 Å². The number of benzene rings is 1. The first-order valence-corrected chi connectivity index (χ1v) is 6.98. The molecule has 17 heavy (non-hydrogen) atoms. The van der Waals surface area contributed by atoms with Crippen LogP contribution in [0.4, 0.5) is 0 Å². The SMILES string of the molecule is Cc1cccc(CCC2(O)C3CCCCC32)c1. The number of rotatable bonds is 3. The van der Waals surface area contributed by atoms with E-state index in [-0.39, 0.29) is 5.60 Å². The molecule has 3 rings (SSSR count). The third kappa shape index (κ3) is 2.01. The molecule has 0 heterocycles. The highest BCUT2D eigenvalue weighted by Crippen LogP contribution is 2.60. The zero-order valence-electron chi connectivity index (χ0n) is 10.7. The van der Waals surface area contributed by atoms with Gasteiger partial charge in [-0.1, -0.05) is 42.7 Å². The van der Waals surface area contributed by atoms with Crippen LogP contribution >= 0.6 is 0 Å². The van der Waals surface area contributed by atoms with E-state index >= 15 is 0 Å². The van der Waals surface area contributed by atoms with Gasteiger partial charge in [0, 0.05) is 0 Å². The van der Waals surface area contributed by atoms with Crippen molar-refractivity contribution in [2.75, 3.05) is 0 Å². The van der Waals surface area contributed by atoms with Crippen molar-refractivity contribution in [2.24, 2.45) is 11.8 Å². The summed E-state index contributed by atoms with van der Waals surface area (Å²) in [5.74, 6) is 1.25. The van der Waals surface area contributed by atoms with E-state index < -0.39 is 0 Å². The Kier molecular flexibility index (Phi) is 2.74. The monoisotopic (exact) mass is 230 g/mol. The molecule has 0 saturated heterocycles. The summed E-state index contributed by atoms with van der Waals surface area (Å²) in [6.45, 7) is 2.13. The molecule has 1 nitrogen and oxygen atoms in total. The van der Waals surface area contributed by atoms with Gasteiger partial charge < -0.3 is 5.11 Å². The smallest absolute Gasteiger partial charge is 0.0714 e. The molecule has 92 valence electrons. The lowest BCUT2D eigenvalue weighted by Gasteiger charge is -2.10.